The third-order valence-corrected chi connectivity index (χ3v) is 4.09. The zero-order valence-corrected chi connectivity index (χ0v) is 13.0. The fourth-order valence-electron chi connectivity index (χ4n) is 2.38. The van der Waals surface area contributed by atoms with Crippen molar-refractivity contribution in [1.29, 1.82) is 0 Å². The monoisotopic (exact) mass is 351 g/mol. The molecule has 0 saturated carbocycles. The van der Waals surface area contributed by atoms with Gasteiger partial charge in [0.2, 0.25) is 0 Å². The van der Waals surface area contributed by atoms with Gasteiger partial charge in [-0.3, -0.25) is 0 Å². The van der Waals surface area contributed by atoms with Crippen LogP contribution in [0.4, 0.5) is 0 Å². The summed E-state index contributed by atoms with van der Waals surface area (Å²) in [6.07, 6.45) is 1.51. The molecule has 0 fully saturated rings. The van der Waals surface area contributed by atoms with E-state index in [0.29, 0.717) is 33.4 Å². The quantitative estimate of drug-likeness (QED) is 0.610. The van der Waals surface area contributed by atoms with Gasteiger partial charge in [0.1, 0.15) is 16.5 Å². The molecule has 1 unspecified atom stereocenters. The van der Waals surface area contributed by atoms with Crippen LogP contribution in [0.2, 0.25) is 5.15 Å². The minimum absolute atomic E-state index is 0.297. The van der Waals surface area contributed by atoms with Gasteiger partial charge in [-0.25, -0.2) is 4.98 Å². The average molecular weight is 353 g/mol. The van der Waals surface area contributed by atoms with Crippen molar-refractivity contribution < 1.29 is 9.84 Å². The van der Waals surface area contributed by atoms with Gasteiger partial charge in [-0.2, -0.15) is 0 Å². The molecule has 2 heterocycles. The lowest BCUT2D eigenvalue weighted by molar-refractivity contribution is 0.108. The molecule has 102 valence electrons. The van der Waals surface area contributed by atoms with E-state index in [2.05, 4.69) is 27.5 Å². The van der Waals surface area contributed by atoms with Crippen molar-refractivity contribution in [2.75, 3.05) is 0 Å². The molecule has 0 bridgehead atoms. The Labute approximate surface area is 130 Å². The molecular weight excluding hydrogens is 342 g/mol. The van der Waals surface area contributed by atoms with Crippen molar-refractivity contribution in [3.05, 3.63) is 63.4 Å². The Hall–Kier alpha value is -1.36. The van der Waals surface area contributed by atoms with Gasteiger partial charge in [0.15, 0.2) is 5.75 Å². The minimum atomic E-state index is -1.35. The second-order valence-corrected chi connectivity index (χ2v) is 6.04. The molecule has 0 aliphatic carbocycles. The van der Waals surface area contributed by atoms with Crippen LogP contribution in [0.15, 0.2) is 47.1 Å². The van der Waals surface area contributed by atoms with Crippen LogP contribution in [-0.4, -0.2) is 10.1 Å². The molecule has 20 heavy (non-hydrogen) atoms. The number of hydrogen-bond acceptors (Lipinski definition) is 3. The molecular formula is C15H11BrClNO2. The van der Waals surface area contributed by atoms with E-state index in [1.807, 2.05) is 12.1 Å². The number of fused-ring (bicyclic) bond motifs is 2. The van der Waals surface area contributed by atoms with Crippen molar-refractivity contribution in [2.24, 2.45) is 0 Å². The maximum absolute atomic E-state index is 11.2. The minimum Gasteiger partial charge on any atom is -0.455 e. The number of aromatic nitrogens is 1. The maximum atomic E-state index is 11.2. The van der Waals surface area contributed by atoms with Crippen LogP contribution in [-0.2, 0) is 5.60 Å². The third kappa shape index (κ3) is 1.87. The van der Waals surface area contributed by atoms with Gasteiger partial charge in [-0.1, -0.05) is 34.1 Å². The highest BCUT2D eigenvalue weighted by Gasteiger charge is 2.41. The first-order valence-corrected chi connectivity index (χ1v) is 7.12. The fraction of sp³-hybridized carbons (Fsp3) is 0.133. The van der Waals surface area contributed by atoms with Crippen molar-refractivity contribution in [2.45, 2.75) is 12.5 Å². The zero-order valence-electron chi connectivity index (χ0n) is 10.7. The van der Waals surface area contributed by atoms with Crippen molar-refractivity contribution in [3.63, 3.8) is 0 Å². The van der Waals surface area contributed by atoms with Gasteiger partial charge in [0, 0.05) is 15.6 Å². The molecule has 0 amide bonds. The van der Waals surface area contributed by atoms with Gasteiger partial charge >= 0.3 is 0 Å². The molecule has 2 aromatic rings. The van der Waals surface area contributed by atoms with E-state index in [1.54, 1.807) is 19.1 Å². The Morgan fingerprint density at radius 1 is 1.35 bits per heavy atom. The van der Waals surface area contributed by atoms with E-state index in [0.717, 1.165) is 4.47 Å². The summed E-state index contributed by atoms with van der Waals surface area (Å²) in [5, 5.41) is 11.5. The van der Waals surface area contributed by atoms with Gasteiger partial charge < -0.3 is 9.84 Å². The van der Waals surface area contributed by atoms with Gasteiger partial charge in [0.25, 0.3) is 0 Å². The van der Waals surface area contributed by atoms with E-state index in [9.17, 15) is 5.11 Å². The van der Waals surface area contributed by atoms with Gasteiger partial charge in [-0.05, 0) is 36.8 Å². The average Bonchev–Trinajstić information content (AvgIpc) is 2.40. The number of ether oxygens (including phenoxy) is 1. The first kappa shape index (κ1) is 13.6. The number of hydrogen-bond donors (Lipinski definition) is 1. The molecule has 0 saturated heterocycles. The van der Waals surface area contributed by atoms with Crippen molar-refractivity contribution in [1.82, 2.24) is 4.98 Å². The van der Waals surface area contributed by atoms with Crippen LogP contribution in [0.5, 0.6) is 11.5 Å². The van der Waals surface area contributed by atoms with Crippen LogP contribution in [0.3, 0.4) is 0 Å². The molecule has 0 radical (unpaired) electrons. The highest BCUT2D eigenvalue weighted by Crippen LogP contribution is 2.50. The van der Waals surface area contributed by atoms with E-state index < -0.39 is 5.60 Å². The summed E-state index contributed by atoms with van der Waals surface area (Å²) < 4.78 is 6.64. The molecule has 0 spiro atoms. The van der Waals surface area contributed by atoms with Crippen LogP contribution in [0, 0.1) is 0 Å². The largest absolute Gasteiger partial charge is 0.455 e. The summed E-state index contributed by atoms with van der Waals surface area (Å²) in [6, 6.07) is 7.08. The lowest BCUT2D eigenvalue weighted by Crippen LogP contribution is -2.32. The Morgan fingerprint density at radius 2 is 2.05 bits per heavy atom. The maximum Gasteiger partial charge on any atom is 0.152 e. The lowest BCUT2D eigenvalue weighted by Gasteiger charge is -2.36. The normalized spacial score (nSPS) is 19.8. The molecule has 1 aromatic carbocycles. The molecule has 5 heteroatoms. The zero-order chi connectivity index (χ0) is 14.5. The second-order valence-electron chi connectivity index (χ2n) is 4.74. The number of benzene rings is 1. The Kier molecular flexibility index (Phi) is 3.12. The number of pyridine rings is 1. The first-order chi connectivity index (χ1) is 9.42. The summed E-state index contributed by atoms with van der Waals surface area (Å²) in [5.41, 5.74) is 0.424. The van der Waals surface area contributed by atoms with Crippen molar-refractivity contribution in [3.8, 4) is 11.5 Å². The van der Waals surface area contributed by atoms with Crippen LogP contribution in [0.25, 0.3) is 0 Å². The van der Waals surface area contributed by atoms with E-state index in [4.69, 9.17) is 16.3 Å². The van der Waals surface area contributed by atoms with Crippen LogP contribution >= 0.6 is 27.5 Å². The molecule has 1 atom stereocenters. The summed E-state index contributed by atoms with van der Waals surface area (Å²) in [6.45, 7) is 5.70. The van der Waals surface area contributed by atoms with E-state index in [-0.39, 0.29) is 0 Å². The summed E-state index contributed by atoms with van der Waals surface area (Å²) in [4.78, 5) is 4.00. The second kappa shape index (κ2) is 4.58. The Balaban J connectivity index is 2.35. The molecule has 1 aliphatic rings. The SMILES string of the molecule is C=C(C)C1(O)c2cc(Br)ccc2Oc2cnc(Cl)cc21. The van der Waals surface area contributed by atoms with Crippen molar-refractivity contribution >= 4 is 27.5 Å². The van der Waals surface area contributed by atoms with Gasteiger partial charge in [-0.15, -0.1) is 0 Å². The molecule has 3 rings (SSSR count). The fourth-order valence-corrected chi connectivity index (χ4v) is 2.90. The standard InChI is InChI=1S/C15H11BrClNO2/c1-8(2)15(19)10-5-9(16)3-4-12(10)20-13-7-18-14(17)6-11(13)15/h3-7,19H,1H2,2H3. The third-order valence-electron chi connectivity index (χ3n) is 3.39. The summed E-state index contributed by atoms with van der Waals surface area (Å²) in [7, 11) is 0. The van der Waals surface area contributed by atoms with Gasteiger partial charge in [0.05, 0.1) is 6.20 Å². The lowest BCUT2D eigenvalue weighted by atomic mass is 9.79. The smallest absolute Gasteiger partial charge is 0.152 e. The van der Waals surface area contributed by atoms with Crippen LogP contribution in [0.1, 0.15) is 18.1 Å². The number of halogens is 2. The Bertz CT molecular complexity index is 678. The summed E-state index contributed by atoms with van der Waals surface area (Å²) in [5.74, 6) is 1.06. The predicted octanol–water partition coefficient (Wildman–Crippen LogP) is 4.42. The highest BCUT2D eigenvalue weighted by atomic mass is 79.9. The number of nitrogens with zero attached hydrogens (tertiary/aromatic N) is 1. The topological polar surface area (TPSA) is 42.4 Å². The first-order valence-electron chi connectivity index (χ1n) is 5.95. The van der Waals surface area contributed by atoms with E-state index >= 15 is 0 Å². The predicted molar refractivity (Wildman–Crippen MR) is 81.3 cm³/mol. The molecule has 3 nitrogen and oxygen atoms in total. The molecule has 1 aliphatic heterocycles. The van der Waals surface area contributed by atoms with E-state index in [1.165, 1.54) is 6.20 Å². The van der Waals surface area contributed by atoms with Crippen LogP contribution < -0.4 is 4.74 Å². The highest BCUT2D eigenvalue weighted by molar-refractivity contribution is 9.10. The summed E-state index contributed by atoms with van der Waals surface area (Å²) >= 11 is 9.36. The Morgan fingerprint density at radius 3 is 2.75 bits per heavy atom. The molecule has 1 aromatic heterocycles. The number of rotatable bonds is 1. The molecule has 1 N–H and O–H groups in total. The number of aliphatic hydroxyl groups is 1.